The third-order valence-electron chi connectivity index (χ3n) is 8.38. The molecule has 0 fully saturated rings. The molecule has 0 amide bonds. The molecule has 0 aliphatic heterocycles. The van der Waals surface area contributed by atoms with Crippen molar-refractivity contribution < 1.29 is 180 Å². The molecule has 6 rings (SSSR count). The van der Waals surface area contributed by atoms with Crippen molar-refractivity contribution in [3.05, 3.63) is 96.1 Å². The molecule has 60 heavy (non-hydrogen) atoms. The maximum absolute atomic E-state index is 13.0. The van der Waals surface area contributed by atoms with Crippen molar-refractivity contribution in [3.8, 4) is 22.6 Å². The van der Waals surface area contributed by atoms with Crippen molar-refractivity contribution in [3.63, 3.8) is 0 Å². The average Bonchev–Trinajstić information content (AvgIpc) is 3.08. The van der Waals surface area contributed by atoms with Crippen LogP contribution in [0.4, 0.5) is 22.7 Å². The fourth-order valence-electron chi connectivity index (χ4n) is 5.78. The van der Waals surface area contributed by atoms with Gasteiger partial charge in [-0.1, -0.05) is 35.8 Å². The molecular weight excluding hydrogens is 909 g/mol. The SMILES string of the molecule is Cc1cc(N=Nc2c([O-])c(S(=O)(=O)O)cc3cc(S(=O)(=O)[O-])ccc23)ccc1-c1ccc(N=Nc2c([O-])c(S(=O)(=O)O)cc3cc(S(=O)(=O)[O-])ccc23)cc1C.[Na+].[Na+].[Na+].[Na+]. The molecule has 6 aromatic carbocycles. The smallest absolute Gasteiger partial charge is 0.870 e. The topological polar surface area (TPSA) is 319 Å². The van der Waals surface area contributed by atoms with Gasteiger partial charge in [-0.3, -0.25) is 9.11 Å². The summed E-state index contributed by atoms with van der Waals surface area (Å²) in [6.07, 6.45) is 0. The van der Waals surface area contributed by atoms with E-state index in [1.807, 2.05) is 0 Å². The minimum absolute atomic E-state index is 0. The summed E-state index contributed by atoms with van der Waals surface area (Å²) >= 11 is 0. The predicted molar refractivity (Wildman–Crippen MR) is 192 cm³/mol. The molecule has 0 radical (unpaired) electrons. The van der Waals surface area contributed by atoms with Crippen LogP contribution >= 0.6 is 0 Å². The largest absolute Gasteiger partial charge is 1.00 e. The van der Waals surface area contributed by atoms with Gasteiger partial charge in [-0.05, 0) is 108 Å². The van der Waals surface area contributed by atoms with Gasteiger partial charge in [0.05, 0.1) is 42.3 Å². The van der Waals surface area contributed by atoms with Crippen molar-refractivity contribution in [1.29, 1.82) is 0 Å². The Hall–Kier alpha value is -1.72. The van der Waals surface area contributed by atoms with E-state index in [1.165, 1.54) is 12.1 Å². The van der Waals surface area contributed by atoms with Gasteiger partial charge in [-0.2, -0.15) is 37.3 Å². The van der Waals surface area contributed by atoms with Crippen molar-refractivity contribution in [2.24, 2.45) is 20.5 Å². The standard InChI is InChI=1S/C34H26N4O14S4.4Na/c1-17-11-21(35-37-31-27-9-5-23(53(41,42)43)13-19(27)15-29(33(31)39)55(47,48)49)3-7-25(17)26-8-4-22(12-18(26)2)36-38-32-28-10-6-24(54(44,45)46)14-20(28)16-30(34(32)40)56(50,51)52;;;;/h3-16,39-40H,1-2H3,(H,41,42,43)(H,44,45,46)(H,47,48,49)(H,50,51,52);;;;/q;4*+1/p-4. The number of hydrogen-bond donors (Lipinski definition) is 2. The number of hydrogen-bond acceptors (Lipinski definition) is 16. The van der Waals surface area contributed by atoms with Crippen molar-refractivity contribution in [2.75, 3.05) is 0 Å². The Morgan fingerprint density at radius 1 is 0.467 bits per heavy atom. The van der Waals surface area contributed by atoms with Crippen LogP contribution in [0.2, 0.25) is 0 Å². The summed E-state index contributed by atoms with van der Waals surface area (Å²) < 4.78 is 136. The maximum Gasteiger partial charge on any atom is 1.00 e. The first-order chi connectivity index (χ1) is 25.9. The monoisotopic (exact) mass is 930 g/mol. The zero-order valence-electron chi connectivity index (χ0n) is 32.3. The minimum Gasteiger partial charge on any atom is -0.870 e. The minimum atomic E-state index is -5.10. The zero-order valence-corrected chi connectivity index (χ0v) is 43.6. The van der Waals surface area contributed by atoms with Gasteiger partial charge in [0, 0.05) is 10.8 Å². The molecule has 18 nitrogen and oxygen atoms in total. The van der Waals surface area contributed by atoms with Gasteiger partial charge >= 0.3 is 118 Å². The van der Waals surface area contributed by atoms with Crippen LogP contribution < -0.4 is 128 Å². The molecule has 0 aromatic heterocycles. The zero-order chi connectivity index (χ0) is 41.1. The van der Waals surface area contributed by atoms with Crippen LogP contribution in [0.25, 0.3) is 32.7 Å². The maximum atomic E-state index is 13.0. The normalized spacial score (nSPS) is 12.2. The van der Waals surface area contributed by atoms with Crippen molar-refractivity contribution in [2.45, 2.75) is 33.4 Å². The molecule has 0 bridgehead atoms. The van der Waals surface area contributed by atoms with Gasteiger partial charge < -0.3 is 19.3 Å². The van der Waals surface area contributed by atoms with Gasteiger partial charge in [0.15, 0.2) is 0 Å². The molecule has 0 aliphatic rings. The number of azo groups is 2. The number of rotatable bonds is 9. The number of fused-ring (bicyclic) bond motifs is 2. The van der Waals surface area contributed by atoms with Gasteiger partial charge in [-0.15, -0.1) is 0 Å². The summed E-state index contributed by atoms with van der Waals surface area (Å²) in [5, 5.41) is 41.6. The Labute approximate surface area is 431 Å². The third kappa shape index (κ3) is 11.9. The van der Waals surface area contributed by atoms with Gasteiger partial charge in [0.25, 0.3) is 20.2 Å². The van der Waals surface area contributed by atoms with Crippen LogP contribution in [0.3, 0.4) is 0 Å². The van der Waals surface area contributed by atoms with E-state index >= 15 is 0 Å². The molecule has 0 unspecified atom stereocenters. The van der Waals surface area contributed by atoms with Crippen LogP contribution in [-0.2, 0) is 40.5 Å². The molecule has 0 saturated carbocycles. The molecule has 0 spiro atoms. The first-order valence-electron chi connectivity index (χ1n) is 15.4. The summed E-state index contributed by atoms with van der Waals surface area (Å²) in [4.78, 5) is -3.63. The molecule has 0 heterocycles. The second-order valence-electron chi connectivity index (χ2n) is 12.1. The second kappa shape index (κ2) is 20.4. The fourth-order valence-corrected chi connectivity index (χ4v) is 8.00. The average molecular weight is 931 g/mol. The molecule has 26 heteroatoms. The van der Waals surface area contributed by atoms with Gasteiger partial charge in [-0.25, -0.2) is 16.8 Å². The molecule has 0 atom stereocenters. The Balaban J connectivity index is 0.00000310. The molecule has 0 aliphatic carbocycles. The van der Waals surface area contributed by atoms with Crippen molar-refractivity contribution in [1.82, 2.24) is 0 Å². The predicted octanol–water partition coefficient (Wildman–Crippen LogP) is -6.43. The van der Waals surface area contributed by atoms with E-state index in [4.69, 9.17) is 0 Å². The van der Waals surface area contributed by atoms with E-state index in [9.17, 15) is 62.1 Å². The van der Waals surface area contributed by atoms with E-state index in [-0.39, 0.29) is 151 Å². The Bertz CT molecular complexity index is 2990. The van der Waals surface area contributed by atoms with Crippen LogP contribution in [0, 0.1) is 13.8 Å². The molecule has 6 aromatic rings. The summed E-state index contributed by atoms with van der Waals surface area (Å²) in [6, 6.07) is 16.7. The van der Waals surface area contributed by atoms with Crippen LogP contribution in [0.15, 0.2) is 125 Å². The Morgan fingerprint density at radius 2 is 0.800 bits per heavy atom. The Kier molecular flexibility index (Phi) is 18.5. The van der Waals surface area contributed by atoms with Crippen LogP contribution in [0.5, 0.6) is 11.5 Å². The van der Waals surface area contributed by atoms with Crippen LogP contribution in [-0.4, -0.2) is 51.9 Å². The molecule has 2 N–H and O–H groups in total. The van der Waals surface area contributed by atoms with E-state index < -0.39 is 82.9 Å². The number of benzene rings is 6. The fraction of sp³-hybridized carbons (Fsp3) is 0.0588. The van der Waals surface area contributed by atoms with E-state index in [0.717, 1.165) is 48.5 Å². The second-order valence-corrected chi connectivity index (χ2v) is 17.7. The van der Waals surface area contributed by atoms with Gasteiger partial charge in [0.1, 0.15) is 20.2 Å². The number of aryl methyl sites for hydroxylation is 2. The molecular formula is C34H22N4Na4O14S4. The summed E-state index contributed by atoms with van der Waals surface area (Å²) in [5.74, 6) is -2.45. The summed E-state index contributed by atoms with van der Waals surface area (Å²) in [7, 11) is -20.1. The molecule has 290 valence electrons. The first kappa shape index (κ1) is 54.4. The first-order valence-corrected chi connectivity index (χ1v) is 21.1. The van der Waals surface area contributed by atoms with E-state index in [1.54, 1.807) is 38.1 Å². The summed E-state index contributed by atoms with van der Waals surface area (Å²) in [6.45, 7) is 3.46. The summed E-state index contributed by atoms with van der Waals surface area (Å²) in [5.41, 5.74) is 1.98. The van der Waals surface area contributed by atoms with Crippen molar-refractivity contribution >= 4 is 84.8 Å². The van der Waals surface area contributed by atoms with Gasteiger partial charge in [0.2, 0.25) is 0 Å². The molecule has 0 saturated heterocycles. The van der Waals surface area contributed by atoms with E-state index in [0.29, 0.717) is 22.3 Å². The quantitative estimate of drug-likeness (QED) is 0.0774. The Morgan fingerprint density at radius 3 is 1.08 bits per heavy atom. The number of nitrogens with zero attached hydrogens (tertiary/aromatic N) is 4. The third-order valence-corrected chi connectivity index (χ3v) is 11.8. The van der Waals surface area contributed by atoms with Crippen LogP contribution in [0.1, 0.15) is 11.1 Å². The van der Waals surface area contributed by atoms with E-state index in [2.05, 4.69) is 20.5 Å².